The Balaban J connectivity index is 2.00. The van der Waals surface area contributed by atoms with E-state index < -0.39 is 5.97 Å². The summed E-state index contributed by atoms with van der Waals surface area (Å²) in [6.07, 6.45) is 1.41. The van der Waals surface area contributed by atoms with Gasteiger partial charge in [0.2, 0.25) is 0 Å². The van der Waals surface area contributed by atoms with Crippen LogP contribution in [-0.2, 0) is 11.2 Å². The Morgan fingerprint density at radius 2 is 2.24 bits per heavy atom. The summed E-state index contributed by atoms with van der Waals surface area (Å²) < 4.78 is 12.4. The van der Waals surface area contributed by atoms with E-state index in [1.807, 2.05) is 6.07 Å². The monoisotopic (exact) mass is 355 g/mol. The maximum Gasteiger partial charge on any atom is 0.307 e. The molecule has 2 unspecified atom stereocenters. The van der Waals surface area contributed by atoms with Gasteiger partial charge in [-0.15, -0.1) is 0 Å². The highest BCUT2D eigenvalue weighted by Gasteiger charge is 2.34. The number of fused-ring (bicyclic) bond motifs is 1. The van der Waals surface area contributed by atoms with Gasteiger partial charge in [0.25, 0.3) is 0 Å². The zero-order valence-corrected chi connectivity index (χ0v) is 13.4. The summed E-state index contributed by atoms with van der Waals surface area (Å²) in [5, 5.41) is 12.5. The smallest absolute Gasteiger partial charge is 0.307 e. The second kappa shape index (κ2) is 5.85. The number of carboxylic acids is 1. The molecule has 2 aliphatic heterocycles. The van der Waals surface area contributed by atoms with Crippen molar-refractivity contribution in [3.05, 3.63) is 21.7 Å². The number of nitrogens with one attached hydrogen (secondary N) is 1. The third-order valence-electron chi connectivity index (χ3n) is 4.11. The minimum atomic E-state index is -0.739. The molecule has 0 bridgehead atoms. The Kier molecular flexibility index (Phi) is 4.08. The average Bonchev–Trinajstić information content (AvgIpc) is 2.95. The Labute approximate surface area is 131 Å². The van der Waals surface area contributed by atoms with Crippen molar-refractivity contribution >= 4 is 21.9 Å². The average molecular weight is 356 g/mol. The number of carboxylic acid groups (broad SMARTS) is 1. The van der Waals surface area contributed by atoms with Crippen LogP contribution in [0.4, 0.5) is 0 Å². The second-order valence-corrected chi connectivity index (χ2v) is 6.21. The van der Waals surface area contributed by atoms with Crippen LogP contribution in [0.2, 0.25) is 0 Å². The molecular weight excluding hydrogens is 338 g/mol. The highest BCUT2D eigenvalue weighted by Crippen LogP contribution is 2.44. The van der Waals surface area contributed by atoms with Crippen LogP contribution >= 0.6 is 15.9 Å². The van der Waals surface area contributed by atoms with Gasteiger partial charge in [0, 0.05) is 22.6 Å². The molecule has 1 saturated heterocycles. The molecule has 0 aliphatic carbocycles. The van der Waals surface area contributed by atoms with E-state index in [1.54, 1.807) is 0 Å². The van der Waals surface area contributed by atoms with E-state index in [1.165, 1.54) is 0 Å². The van der Waals surface area contributed by atoms with Crippen molar-refractivity contribution in [1.29, 1.82) is 0 Å². The van der Waals surface area contributed by atoms with Gasteiger partial charge in [0.15, 0.2) is 11.5 Å². The maximum atomic E-state index is 11.2. The summed E-state index contributed by atoms with van der Waals surface area (Å²) in [4.78, 5) is 11.2. The molecule has 0 saturated carbocycles. The largest absolute Gasteiger partial charge is 0.486 e. The number of hydrogen-bond acceptors (Lipinski definition) is 4. The van der Waals surface area contributed by atoms with Crippen LogP contribution in [0.5, 0.6) is 11.5 Å². The van der Waals surface area contributed by atoms with Crippen LogP contribution in [0.15, 0.2) is 10.5 Å². The topological polar surface area (TPSA) is 67.8 Å². The van der Waals surface area contributed by atoms with Crippen LogP contribution in [-0.4, -0.2) is 30.8 Å². The number of carbonyl (C=O) groups is 1. The molecule has 2 aliphatic rings. The Bertz CT molecular complexity index is 575. The van der Waals surface area contributed by atoms with Crippen molar-refractivity contribution in [2.45, 2.75) is 25.8 Å². The SMILES string of the molecule is CCc1c2c(cc(Br)c1C1CC(C(=O)O)CN1)OCCO2. The predicted octanol–water partition coefficient (Wildman–Crippen LogP) is 2.52. The van der Waals surface area contributed by atoms with Crippen molar-refractivity contribution in [1.82, 2.24) is 5.32 Å². The Morgan fingerprint density at radius 1 is 1.48 bits per heavy atom. The lowest BCUT2D eigenvalue weighted by molar-refractivity contribution is -0.141. The fraction of sp³-hybridized carbons (Fsp3) is 0.533. The second-order valence-electron chi connectivity index (χ2n) is 5.36. The number of benzene rings is 1. The molecule has 0 radical (unpaired) electrons. The number of hydrogen-bond donors (Lipinski definition) is 2. The molecule has 114 valence electrons. The molecule has 5 nitrogen and oxygen atoms in total. The first-order chi connectivity index (χ1) is 10.1. The van der Waals surface area contributed by atoms with Crippen LogP contribution in [0, 0.1) is 5.92 Å². The molecule has 1 fully saturated rings. The van der Waals surface area contributed by atoms with E-state index in [-0.39, 0.29) is 12.0 Å². The number of ether oxygens (including phenoxy) is 2. The van der Waals surface area contributed by atoms with Crippen LogP contribution in [0.1, 0.15) is 30.5 Å². The summed E-state index contributed by atoms with van der Waals surface area (Å²) in [5.41, 5.74) is 2.20. The van der Waals surface area contributed by atoms with Gasteiger partial charge >= 0.3 is 5.97 Å². The summed E-state index contributed by atoms with van der Waals surface area (Å²) in [6, 6.07) is 1.96. The highest BCUT2D eigenvalue weighted by molar-refractivity contribution is 9.10. The standard InChI is InChI=1S/C15H18BrNO4/c1-2-9-13(11-5-8(7-17-11)15(18)19)10(16)6-12-14(9)21-4-3-20-12/h6,8,11,17H,2-5,7H2,1H3,(H,18,19). The molecule has 2 atom stereocenters. The zero-order chi connectivity index (χ0) is 15.0. The molecule has 2 heterocycles. The lowest BCUT2D eigenvalue weighted by Gasteiger charge is -2.26. The molecule has 1 aromatic carbocycles. The summed E-state index contributed by atoms with van der Waals surface area (Å²) in [7, 11) is 0. The Hall–Kier alpha value is -1.27. The van der Waals surface area contributed by atoms with Crippen molar-refractivity contribution in [2.24, 2.45) is 5.92 Å². The minimum Gasteiger partial charge on any atom is -0.486 e. The molecular formula is C15H18BrNO4. The van der Waals surface area contributed by atoms with Gasteiger partial charge in [-0.1, -0.05) is 22.9 Å². The van der Waals surface area contributed by atoms with Crippen LogP contribution in [0.25, 0.3) is 0 Å². The van der Waals surface area contributed by atoms with E-state index in [9.17, 15) is 4.79 Å². The highest BCUT2D eigenvalue weighted by atomic mass is 79.9. The minimum absolute atomic E-state index is 0.0336. The molecule has 0 spiro atoms. The van der Waals surface area contributed by atoms with Gasteiger partial charge in [-0.05, 0) is 24.5 Å². The Morgan fingerprint density at radius 3 is 2.90 bits per heavy atom. The summed E-state index contributed by atoms with van der Waals surface area (Å²) in [6.45, 7) is 3.69. The first-order valence-electron chi connectivity index (χ1n) is 7.18. The van der Waals surface area contributed by atoms with Gasteiger partial charge in [0.05, 0.1) is 5.92 Å². The van der Waals surface area contributed by atoms with Crippen LogP contribution < -0.4 is 14.8 Å². The molecule has 0 aromatic heterocycles. The lowest BCUT2D eigenvalue weighted by atomic mass is 9.93. The molecule has 1 aromatic rings. The molecule has 3 rings (SSSR count). The van der Waals surface area contributed by atoms with Crippen molar-refractivity contribution in [3.8, 4) is 11.5 Å². The van der Waals surface area contributed by atoms with Gasteiger partial charge in [0.1, 0.15) is 13.2 Å². The van der Waals surface area contributed by atoms with E-state index in [0.717, 1.165) is 33.5 Å². The first kappa shape index (κ1) is 14.7. The van der Waals surface area contributed by atoms with Gasteiger partial charge in [-0.3, -0.25) is 4.79 Å². The van der Waals surface area contributed by atoms with E-state index in [4.69, 9.17) is 14.6 Å². The molecule has 21 heavy (non-hydrogen) atoms. The lowest BCUT2D eigenvalue weighted by Crippen LogP contribution is -2.20. The quantitative estimate of drug-likeness (QED) is 0.871. The van der Waals surface area contributed by atoms with Crippen molar-refractivity contribution in [2.75, 3.05) is 19.8 Å². The van der Waals surface area contributed by atoms with Gasteiger partial charge in [-0.2, -0.15) is 0 Å². The third kappa shape index (κ3) is 2.62. The summed E-state index contributed by atoms with van der Waals surface area (Å²) in [5.74, 6) is 0.501. The van der Waals surface area contributed by atoms with E-state index in [2.05, 4.69) is 28.2 Å². The predicted molar refractivity (Wildman–Crippen MR) is 81.0 cm³/mol. The normalized spacial score (nSPS) is 24.1. The number of halogens is 1. The molecule has 2 N–H and O–H groups in total. The third-order valence-corrected chi connectivity index (χ3v) is 4.76. The van der Waals surface area contributed by atoms with Crippen LogP contribution in [0.3, 0.4) is 0 Å². The van der Waals surface area contributed by atoms with Gasteiger partial charge in [-0.25, -0.2) is 0 Å². The van der Waals surface area contributed by atoms with E-state index in [0.29, 0.717) is 26.2 Å². The molecule has 6 heteroatoms. The van der Waals surface area contributed by atoms with Crippen molar-refractivity contribution < 1.29 is 19.4 Å². The van der Waals surface area contributed by atoms with Crippen molar-refractivity contribution in [3.63, 3.8) is 0 Å². The number of aliphatic carboxylic acids is 1. The maximum absolute atomic E-state index is 11.2. The van der Waals surface area contributed by atoms with E-state index >= 15 is 0 Å². The zero-order valence-electron chi connectivity index (χ0n) is 11.8. The number of rotatable bonds is 3. The van der Waals surface area contributed by atoms with Gasteiger partial charge < -0.3 is 19.9 Å². The fourth-order valence-electron chi connectivity index (χ4n) is 3.11. The fourth-order valence-corrected chi connectivity index (χ4v) is 3.83. The summed E-state index contributed by atoms with van der Waals surface area (Å²) >= 11 is 3.61. The molecule has 0 amide bonds. The first-order valence-corrected chi connectivity index (χ1v) is 7.98.